The zero-order chi connectivity index (χ0) is 15.6. The minimum absolute atomic E-state index is 0.00567. The van der Waals surface area contributed by atoms with Crippen molar-refractivity contribution >= 4 is 32.5 Å². The van der Waals surface area contributed by atoms with Crippen molar-refractivity contribution in [3.63, 3.8) is 0 Å². The smallest absolute Gasteiger partial charge is 0.236 e. The molecular weight excluding hydrogens is 292 g/mol. The van der Waals surface area contributed by atoms with Crippen molar-refractivity contribution in [2.45, 2.75) is 11.8 Å². The fourth-order valence-electron chi connectivity index (χ4n) is 2.03. The first-order valence-electron chi connectivity index (χ1n) is 6.31. The molecule has 0 aliphatic rings. The molecule has 112 valence electrons. The first kappa shape index (κ1) is 15.2. The van der Waals surface area contributed by atoms with Gasteiger partial charge in [0.05, 0.1) is 17.0 Å². The fraction of sp³-hybridized carbons (Fsp3) is 0.308. The molecule has 7 nitrogen and oxygen atoms in total. The maximum absolute atomic E-state index is 11.7. The molecule has 0 atom stereocenters. The summed E-state index contributed by atoms with van der Waals surface area (Å²) in [6, 6.07) is 4.64. The molecule has 0 aliphatic carbocycles. The van der Waals surface area contributed by atoms with E-state index in [4.69, 9.17) is 5.73 Å². The van der Waals surface area contributed by atoms with E-state index in [0.29, 0.717) is 23.3 Å². The number of primary amides is 1. The predicted molar refractivity (Wildman–Crippen MR) is 79.7 cm³/mol. The third-order valence-electron chi connectivity index (χ3n) is 3.04. The summed E-state index contributed by atoms with van der Waals surface area (Å²) in [4.78, 5) is 21.3. The topological polar surface area (TPSA) is 106 Å². The molecule has 1 heterocycles. The van der Waals surface area contributed by atoms with Gasteiger partial charge < -0.3 is 10.6 Å². The van der Waals surface area contributed by atoms with Crippen LogP contribution in [0.4, 0.5) is 5.82 Å². The molecule has 0 saturated carbocycles. The summed E-state index contributed by atoms with van der Waals surface area (Å²) in [7, 11) is -3.33. The zero-order valence-corrected chi connectivity index (χ0v) is 12.6. The second-order valence-electron chi connectivity index (χ2n) is 4.63. The van der Waals surface area contributed by atoms with Gasteiger partial charge in [-0.2, -0.15) is 0 Å². The van der Waals surface area contributed by atoms with Gasteiger partial charge in [-0.05, 0) is 25.1 Å². The predicted octanol–water partition coefficient (Wildman–Crippen LogP) is 0.345. The van der Waals surface area contributed by atoms with Gasteiger partial charge in [0.25, 0.3) is 0 Å². The third kappa shape index (κ3) is 3.27. The highest BCUT2D eigenvalue weighted by Gasteiger charge is 2.15. The molecule has 1 aromatic carbocycles. The molecule has 2 rings (SSSR count). The van der Waals surface area contributed by atoms with Crippen LogP contribution in [0.1, 0.15) is 6.92 Å². The lowest BCUT2D eigenvalue weighted by Gasteiger charge is -2.21. The quantitative estimate of drug-likeness (QED) is 0.854. The second-order valence-corrected chi connectivity index (χ2v) is 6.64. The number of nitrogens with two attached hydrogens (primary N) is 1. The molecule has 0 spiro atoms. The number of nitrogens with zero attached hydrogens (tertiary/aromatic N) is 3. The lowest BCUT2D eigenvalue weighted by atomic mass is 10.2. The molecule has 2 N–H and O–H groups in total. The van der Waals surface area contributed by atoms with Gasteiger partial charge in [-0.25, -0.2) is 18.4 Å². The van der Waals surface area contributed by atoms with E-state index >= 15 is 0 Å². The molecule has 0 fully saturated rings. The normalized spacial score (nSPS) is 11.5. The number of hydrogen-bond donors (Lipinski definition) is 1. The van der Waals surface area contributed by atoms with Crippen LogP contribution >= 0.6 is 0 Å². The third-order valence-corrected chi connectivity index (χ3v) is 4.15. The van der Waals surface area contributed by atoms with E-state index in [1.807, 2.05) is 6.92 Å². The maximum Gasteiger partial charge on any atom is 0.236 e. The monoisotopic (exact) mass is 308 g/mol. The summed E-state index contributed by atoms with van der Waals surface area (Å²) in [5.41, 5.74) is 5.84. The summed E-state index contributed by atoms with van der Waals surface area (Å²) in [6.07, 6.45) is 2.51. The van der Waals surface area contributed by atoms with E-state index in [9.17, 15) is 13.2 Å². The van der Waals surface area contributed by atoms with Gasteiger partial charge in [0.15, 0.2) is 9.84 Å². The number of carbonyl (C=O) groups is 1. The summed E-state index contributed by atoms with van der Waals surface area (Å²) in [5.74, 6) is 0.00896. The highest BCUT2D eigenvalue weighted by molar-refractivity contribution is 7.90. The Labute approximate surface area is 122 Å². The lowest BCUT2D eigenvalue weighted by Crippen LogP contribution is -2.34. The molecule has 21 heavy (non-hydrogen) atoms. The highest BCUT2D eigenvalue weighted by Crippen LogP contribution is 2.25. The van der Waals surface area contributed by atoms with Crippen molar-refractivity contribution in [3.8, 4) is 0 Å². The molecule has 8 heteroatoms. The van der Waals surface area contributed by atoms with Gasteiger partial charge in [-0.1, -0.05) is 0 Å². The number of fused-ring (bicyclic) bond motifs is 1. The average Bonchev–Trinajstić information content (AvgIpc) is 2.42. The Morgan fingerprint density at radius 2 is 2.05 bits per heavy atom. The maximum atomic E-state index is 11.7. The highest BCUT2D eigenvalue weighted by atomic mass is 32.2. The largest absolute Gasteiger partial charge is 0.368 e. The van der Waals surface area contributed by atoms with Crippen LogP contribution in [0.25, 0.3) is 10.9 Å². The van der Waals surface area contributed by atoms with Crippen LogP contribution in [0.5, 0.6) is 0 Å². The van der Waals surface area contributed by atoms with Crippen LogP contribution in [0.3, 0.4) is 0 Å². The van der Waals surface area contributed by atoms with Crippen molar-refractivity contribution in [2.75, 3.05) is 24.2 Å². The van der Waals surface area contributed by atoms with E-state index in [-0.39, 0.29) is 11.4 Å². The minimum Gasteiger partial charge on any atom is -0.368 e. The van der Waals surface area contributed by atoms with Crippen LogP contribution in [0, 0.1) is 0 Å². The van der Waals surface area contributed by atoms with Crippen molar-refractivity contribution in [3.05, 3.63) is 24.5 Å². The first-order chi connectivity index (χ1) is 9.82. The molecule has 1 aromatic heterocycles. The Balaban J connectivity index is 2.65. The van der Waals surface area contributed by atoms with Crippen LogP contribution < -0.4 is 10.6 Å². The number of likely N-dealkylation sites (N-methyl/N-ethyl adjacent to an activating group) is 1. The number of hydrogen-bond acceptors (Lipinski definition) is 6. The number of carbonyl (C=O) groups excluding carboxylic acids is 1. The Bertz CT molecular complexity index is 789. The number of amides is 1. The van der Waals surface area contributed by atoms with E-state index in [1.54, 1.807) is 11.0 Å². The van der Waals surface area contributed by atoms with Gasteiger partial charge >= 0.3 is 0 Å². The lowest BCUT2D eigenvalue weighted by molar-refractivity contribution is -0.116. The van der Waals surface area contributed by atoms with E-state index in [2.05, 4.69) is 9.97 Å². The van der Waals surface area contributed by atoms with Gasteiger partial charge in [-0.15, -0.1) is 0 Å². The summed E-state index contributed by atoms with van der Waals surface area (Å²) in [5, 5.41) is 0.573. The summed E-state index contributed by atoms with van der Waals surface area (Å²) < 4.78 is 23.4. The van der Waals surface area contributed by atoms with E-state index in [0.717, 1.165) is 6.26 Å². The molecule has 2 aromatic rings. The van der Waals surface area contributed by atoms with Crippen molar-refractivity contribution in [2.24, 2.45) is 5.73 Å². The number of aromatic nitrogens is 2. The SMILES string of the molecule is CCN(CC(N)=O)c1ncnc2ccc(S(C)(=O)=O)cc12. The van der Waals surface area contributed by atoms with Crippen molar-refractivity contribution < 1.29 is 13.2 Å². The van der Waals surface area contributed by atoms with Gasteiger partial charge in [0.2, 0.25) is 5.91 Å². The number of benzene rings is 1. The summed E-state index contributed by atoms with van der Waals surface area (Å²) in [6.45, 7) is 2.38. The Morgan fingerprint density at radius 3 is 2.62 bits per heavy atom. The number of anilines is 1. The molecular formula is C13H16N4O3S. The van der Waals surface area contributed by atoms with Crippen LogP contribution in [-0.2, 0) is 14.6 Å². The second kappa shape index (κ2) is 5.65. The minimum atomic E-state index is -3.33. The van der Waals surface area contributed by atoms with Crippen molar-refractivity contribution in [1.29, 1.82) is 0 Å². The standard InChI is InChI=1S/C13H16N4O3S/c1-3-17(7-12(14)18)13-10-6-9(21(2,19)20)4-5-11(10)15-8-16-13/h4-6,8H,3,7H2,1-2H3,(H2,14,18). The first-order valence-corrected chi connectivity index (χ1v) is 8.20. The Morgan fingerprint density at radius 1 is 1.33 bits per heavy atom. The molecule has 0 unspecified atom stereocenters. The van der Waals surface area contributed by atoms with Gasteiger partial charge in [0.1, 0.15) is 12.1 Å². The Hall–Kier alpha value is -2.22. The number of rotatable bonds is 5. The molecule has 0 radical (unpaired) electrons. The number of sulfone groups is 1. The average molecular weight is 308 g/mol. The zero-order valence-electron chi connectivity index (χ0n) is 11.8. The molecule has 1 amide bonds. The van der Waals surface area contributed by atoms with E-state index in [1.165, 1.54) is 18.5 Å². The van der Waals surface area contributed by atoms with Crippen LogP contribution in [-0.4, -0.2) is 43.6 Å². The fourth-order valence-corrected chi connectivity index (χ4v) is 2.68. The van der Waals surface area contributed by atoms with E-state index < -0.39 is 15.7 Å². The Kier molecular flexibility index (Phi) is 4.08. The molecule has 0 saturated heterocycles. The molecule has 0 bridgehead atoms. The van der Waals surface area contributed by atoms with Crippen molar-refractivity contribution in [1.82, 2.24) is 9.97 Å². The molecule has 0 aliphatic heterocycles. The van der Waals surface area contributed by atoms with Crippen LogP contribution in [0.15, 0.2) is 29.4 Å². The summed E-state index contributed by atoms with van der Waals surface area (Å²) >= 11 is 0. The van der Waals surface area contributed by atoms with Gasteiger partial charge in [0, 0.05) is 18.2 Å². The van der Waals surface area contributed by atoms with Gasteiger partial charge in [-0.3, -0.25) is 4.79 Å². The van der Waals surface area contributed by atoms with Crippen LogP contribution in [0.2, 0.25) is 0 Å².